The fourth-order valence-corrected chi connectivity index (χ4v) is 6.33. The van der Waals surface area contributed by atoms with E-state index in [0.29, 0.717) is 24.8 Å². The summed E-state index contributed by atoms with van der Waals surface area (Å²) >= 11 is 0. The van der Waals surface area contributed by atoms with Crippen LogP contribution in [-0.4, -0.2) is 41.8 Å². The first-order chi connectivity index (χ1) is 9.88. The Morgan fingerprint density at radius 1 is 1.48 bits per heavy atom. The Hall–Kier alpha value is -0.880. The van der Waals surface area contributed by atoms with E-state index < -0.39 is 10.0 Å². The van der Waals surface area contributed by atoms with Crippen molar-refractivity contribution < 1.29 is 8.42 Å². The molecule has 1 unspecified atom stereocenters. The second-order valence-electron chi connectivity index (χ2n) is 7.29. The molecule has 0 radical (unpaired) electrons. The highest BCUT2D eigenvalue weighted by molar-refractivity contribution is 7.89. The van der Waals surface area contributed by atoms with Crippen molar-refractivity contribution in [3.8, 4) is 0 Å². The lowest BCUT2D eigenvalue weighted by Crippen LogP contribution is -2.47. The zero-order valence-corrected chi connectivity index (χ0v) is 13.7. The minimum absolute atomic E-state index is 0.0147. The maximum atomic E-state index is 12.7. The Morgan fingerprint density at radius 3 is 2.86 bits per heavy atom. The molecule has 1 N–H and O–H groups in total. The Kier molecular flexibility index (Phi) is 3.86. The van der Waals surface area contributed by atoms with Crippen molar-refractivity contribution in [1.82, 2.24) is 14.5 Å². The lowest BCUT2D eigenvalue weighted by molar-refractivity contribution is 0.112. The topological polar surface area (TPSA) is 66.1 Å². The van der Waals surface area contributed by atoms with Crippen molar-refractivity contribution in [3.05, 3.63) is 18.0 Å². The quantitative estimate of drug-likeness (QED) is 0.928. The van der Waals surface area contributed by atoms with E-state index in [1.165, 1.54) is 0 Å². The molecule has 3 rings (SSSR count). The fraction of sp³-hybridized carbons (Fsp3) is 0.800. The lowest BCUT2D eigenvalue weighted by atomic mass is 9.65. The summed E-state index contributed by atoms with van der Waals surface area (Å²) in [5, 5.41) is 6.97. The zero-order chi connectivity index (χ0) is 15.1. The number of sulfonamides is 1. The van der Waals surface area contributed by atoms with E-state index in [1.807, 2.05) is 6.07 Å². The van der Waals surface area contributed by atoms with Gasteiger partial charge in [-0.3, -0.25) is 5.10 Å². The molecule has 0 amide bonds. The molecule has 118 valence electrons. The van der Waals surface area contributed by atoms with Gasteiger partial charge in [0.25, 0.3) is 0 Å². The maximum absolute atomic E-state index is 12.7. The first-order valence-corrected chi connectivity index (χ1v) is 9.46. The van der Waals surface area contributed by atoms with E-state index in [9.17, 15) is 8.42 Å². The summed E-state index contributed by atoms with van der Waals surface area (Å²) in [6.45, 7) is 5.57. The van der Waals surface area contributed by atoms with Crippen molar-refractivity contribution in [3.63, 3.8) is 0 Å². The first-order valence-electron chi connectivity index (χ1n) is 7.85. The van der Waals surface area contributed by atoms with E-state index in [-0.39, 0.29) is 11.3 Å². The number of rotatable bonds is 4. The molecule has 1 aromatic rings. The molecule has 2 aliphatic rings. The zero-order valence-electron chi connectivity index (χ0n) is 12.9. The van der Waals surface area contributed by atoms with Gasteiger partial charge in [0.1, 0.15) is 0 Å². The third-order valence-corrected chi connectivity index (χ3v) is 7.13. The highest BCUT2D eigenvalue weighted by Crippen LogP contribution is 2.46. The summed E-state index contributed by atoms with van der Waals surface area (Å²) in [6, 6.07) is 1.95. The molecule has 0 bridgehead atoms. The number of nitrogens with zero attached hydrogens (tertiary/aromatic N) is 2. The van der Waals surface area contributed by atoms with Crippen molar-refractivity contribution >= 4 is 10.0 Å². The summed E-state index contributed by atoms with van der Waals surface area (Å²) in [7, 11) is -3.15. The molecule has 0 aromatic carbocycles. The predicted molar refractivity (Wildman–Crippen MR) is 82.4 cm³/mol. The number of hydrogen-bond acceptors (Lipinski definition) is 3. The van der Waals surface area contributed by atoms with Crippen LogP contribution in [0, 0.1) is 11.3 Å². The first kappa shape index (κ1) is 15.0. The molecule has 0 spiro atoms. The maximum Gasteiger partial charge on any atom is 0.214 e. The minimum Gasteiger partial charge on any atom is -0.282 e. The van der Waals surface area contributed by atoms with Crippen molar-refractivity contribution in [2.75, 3.05) is 18.8 Å². The Balaban J connectivity index is 1.67. The number of H-pyrrole nitrogens is 1. The molecule has 1 atom stereocenters. The number of aromatic amines is 1. The number of nitrogens with one attached hydrogen (secondary N) is 1. The second kappa shape index (κ2) is 5.39. The summed E-state index contributed by atoms with van der Waals surface area (Å²) in [5.41, 5.74) is 1.04. The average Bonchev–Trinajstić information content (AvgIpc) is 2.90. The number of aromatic nitrogens is 2. The van der Waals surface area contributed by atoms with E-state index in [2.05, 4.69) is 24.0 Å². The van der Waals surface area contributed by atoms with Crippen LogP contribution in [0.1, 0.15) is 51.1 Å². The smallest absolute Gasteiger partial charge is 0.214 e. The average molecular weight is 311 g/mol. The van der Waals surface area contributed by atoms with Crippen LogP contribution in [0.4, 0.5) is 0 Å². The van der Waals surface area contributed by atoms with Crippen LogP contribution in [0.2, 0.25) is 0 Å². The van der Waals surface area contributed by atoms with E-state index >= 15 is 0 Å². The second-order valence-corrected chi connectivity index (χ2v) is 9.26. The summed E-state index contributed by atoms with van der Waals surface area (Å²) in [6.07, 6.45) is 5.76. The summed E-state index contributed by atoms with van der Waals surface area (Å²) in [5.74, 6) is 1.23. The van der Waals surface area contributed by atoms with Gasteiger partial charge in [0.15, 0.2) is 0 Å². The molecular formula is C15H25N3O2S. The van der Waals surface area contributed by atoms with Gasteiger partial charge in [-0.2, -0.15) is 5.10 Å². The number of hydrogen-bond donors (Lipinski definition) is 1. The van der Waals surface area contributed by atoms with Gasteiger partial charge in [-0.25, -0.2) is 12.7 Å². The van der Waals surface area contributed by atoms with Crippen LogP contribution in [0.5, 0.6) is 0 Å². The molecular weight excluding hydrogens is 286 g/mol. The molecule has 21 heavy (non-hydrogen) atoms. The summed E-state index contributed by atoms with van der Waals surface area (Å²) in [4.78, 5) is 0. The molecule has 1 saturated carbocycles. The molecule has 6 heteroatoms. The van der Waals surface area contributed by atoms with Gasteiger partial charge >= 0.3 is 0 Å². The van der Waals surface area contributed by atoms with E-state index in [1.54, 1.807) is 10.5 Å². The molecule has 1 aliphatic heterocycles. The molecule has 1 saturated heterocycles. The molecule has 5 nitrogen and oxygen atoms in total. The monoisotopic (exact) mass is 311 g/mol. The van der Waals surface area contributed by atoms with Gasteiger partial charge in [-0.1, -0.05) is 13.8 Å². The van der Waals surface area contributed by atoms with Crippen LogP contribution in [-0.2, 0) is 10.0 Å². The minimum atomic E-state index is -3.15. The standard InChI is InChI=1S/C15H25N3O2S/c1-12-8-15(2,9-12)11-21(19,20)18-7-3-4-13(10-18)14-5-6-16-17-14/h5-6,12-13H,3-4,7-11H2,1-2H3,(H,16,17). The Labute approximate surface area is 127 Å². The largest absolute Gasteiger partial charge is 0.282 e. The Bertz CT molecular complexity index is 576. The molecule has 1 aromatic heterocycles. The summed E-state index contributed by atoms with van der Waals surface area (Å²) < 4.78 is 27.1. The van der Waals surface area contributed by atoms with Crippen LogP contribution < -0.4 is 0 Å². The molecule has 2 heterocycles. The SMILES string of the molecule is CC1CC(C)(CS(=O)(=O)N2CCCC(c3ccn[nH]3)C2)C1. The van der Waals surface area contributed by atoms with Gasteiger partial charge in [-0.15, -0.1) is 0 Å². The van der Waals surface area contributed by atoms with Gasteiger partial charge in [0.05, 0.1) is 5.75 Å². The van der Waals surface area contributed by atoms with Gasteiger partial charge < -0.3 is 0 Å². The van der Waals surface area contributed by atoms with Crippen molar-refractivity contribution in [1.29, 1.82) is 0 Å². The van der Waals surface area contributed by atoms with Crippen LogP contribution in [0.3, 0.4) is 0 Å². The lowest BCUT2D eigenvalue weighted by Gasteiger charge is -2.45. The van der Waals surface area contributed by atoms with Gasteiger partial charge in [0.2, 0.25) is 10.0 Å². The van der Waals surface area contributed by atoms with E-state index in [4.69, 9.17) is 0 Å². The molecule has 1 aliphatic carbocycles. The molecule has 2 fully saturated rings. The van der Waals surface area contributed by atoms with Gasteiger partial charge in [0, 0.05) is 30.9 Å². The highest BCUT2D eigenvalue weighted by atomic mass is 32.2. The predicted octanol–water partition coefficient (Wildman–Crippen LogP) is 2.36. The van der Waals surface area contributed by atoms with Crippen molar-refractivity contribution in [2.45, 2.75) is 45.4 Å². The highest BCUT2D eigenvalue weighted by Gasteiger charge is 2.43. The fourth-order valence-electron chi connectivity index (χ4n) is 4.22. The normalized spacial score (nSPS) is 34.6. The van der Waals surface area contributed by atoms with Crippen LogP contribution in [0.15, 0.2) is 12.3 Å². The van der Waals surface area contributed by atoms with Crippen molar-refractivity contribution in [2.24, 2.45) is 11.3 Å². The van der Waals surface area contributed by atoms with Crippen LogP contribution >= 0.6 is 0 Å². The Morgan fingerprint density at radius 2 is 2.24 bits per heavy atom. The van der Waals surface area contributed by atoms with Crippen LogP contribution in [0.25, 0.3) is 0 Å². The number of piperidine rings is 1. The third-order valence-electron chi connectivity index (χ3n) is 4.95. The van der Waals surface area contributed by atoms with Gasteiger partial charge in [-0.05, 0) is 43.1 Å². The third kappa shape index (κ3) is 3.16. The van der Waals surface area contributed by atoms with E-state index in [0.717, 1.165) is 31.4 Å².